The van der Waals surface area contributed by atoms with E-state index in [1.165, 1.54) is 0 Å². The van der Waals surface area contributed by atoms with E-state index in [-0.39, 0.29) is 18.3 Å². The zero-order valence-corrected chi connectivity index (χ0v) is 16.2. The number of unbranched alkanes of at least 4 members (excludes halogenated alkanes) is 2. The van der Waals surface area contributed by atoms with Crippen molar-refractivity contribution >= 4 is 16.7 Å². The third-order valence-electron chi connectivity index (χ3n) is 5.61. The van der Waals surface area contributed by atoms with E-state index in [4.69, 9.17) is 10.3 Å². The highest BCUT2D eigenvalue weighted by Gasteiger charge is 2.32. The van der Waals surface area contributed by atoms with Gasteiger partial charge in [0.1, 0.15) is 6.23 Å². The van der Waals surface area contributed by atoms with Crippen LogP contribution in [0.25, 0.3) is 10.9 Å². The standard InChI is InChI=1S/C21H31N3O4/c25-13-11-22-14-15-9-10-18-20(21(15)27)16-6-3-4-7-17(16)24(18)12-5-1-2-8-19(26)23-28/h3-4,6-7,15,19,22-23,25-26,28H,1-2,5,8-14H2. The van der Waals surface area contributed by atoms with Crippen molar-refractivity contribution in [3.63, 3.8) is 0 Å². The highest BCUT2D eigenvalue weighted by Crippen LogP contribution is 2.34. The molecule has 2 aromatic rings. The molecular formula is C21H31N3O4. The molecule has 0 aliphatic heterocycles. The molecular weight excluding hydrogens is 358 g/mol. The van der Waals surface area contributed by atoms with Gasteiger partial charge in [-0.15, -0.1) is 0 Å². The Morgan fingerprint density at radius 2 is 2.04 bits per heavy atom. The smallest absolute Gasteiger partial charge is 0.169 e. The molecule has 1 aliphatic rings. The summed E-state index contributed by atoms with van der Waals surface area (Å²) in [7, 11) is 0. The van der Waals surface area contributed by atoms with Crippen LogP contribution in [0.4, 0.5) is 0 Å². The fourth-order valence-electron chi connectivity index (χ4n) is 4.19. The van der Waals surface area contributed by atoms with Crippen molar-refractivity contribution in [2.75, 3.05) is 19.7 Å². The van der Waals surface area contributed by atoms with Crippen molar-refractivity contribution in [2.45, 2.75) is 51.3 Å². The van der Waals surface area contributed by atoms with E-state index < -0.39 is 6.23 Å². The molecule has 0 spiro atoms. The predicted octanol–water partition coefficient (Wildman–Crippen LogP) is 1.83. The largest absolute Gasteiger partial charge is 0.395 e. The molecule has 2 unspecified atom stereocenters. The first-order valence-electron chi connectivity index (χ1n) is 10.2. The van der Waals surface area contributed by atoms with Gasteiger partial charge in [-0.3, -0.25) is 4.79 Å². The average molecular weight is 389 g/mol. The normalized spacial score (nSPS) is 17.8. The first-order chi connectivity index (χ1) is 13.7. The number of fused-ring (bicyclic) bond motifs is 3. The van der Waals surface area contributed by atoms with Crippen molar-refractivity contribution in [3.8, 4) is 0 Å². The summed E-state index contributed by atoms with van der Waals surface area (Å²) in [6, 6.07) is 8.12. The quantitative estimate of drug-likeness (QED) is 0.228. The van der Waals surface area contributed by atoms with Crippen LogP contribution in [0.3, 0.4) is 0 Å². The van der Waals surface area contributed by atoms with Crippen molar-refractivity contribution in [3.05, 3.63) is 35.5 Å². The second-order valence-corrected chi connectivity index (χ2v) is 7.51. The van der Waals surface area contributed by atoms with Gasteiger partial charge in [0.15, 0.2) is 5.78 Å². The van der Waals surface area contributed by atoms with Gasteiger partial charge in [0.25, 0.3) is 0 Å². The molecule has 1 aliphatic carbocycles. The van der Waals surface area contributed by atoms with Crippen LogP contribution in [0.1, 0.15) is 48.2 Å². The summed E-state index contributed by atoms with van der Waals surface area (Å²) in [5.41, 5.74) is 4.98. The molecule has 154 valence electrons. The van der Waals surface area contributed by atoms with Gasteiger partial charge in [-0.05, 0) is 38.2 Å². The van der Waals surface area contributed by atoms with Crippen molar-refractivity contribution in [1.82, 2.24) is 15.4 Å². The number of hydroxylamine groups is 1. The molecule has 28 heavy (non-hydrogen) atoms. The molecule has 5 N–H and O–H groups in total. The number of carbonyl (C=O) groups is 1. The van der Waals surface area contributed by atoms with Crippen LogP contribution >= 0.6 is 0 Å². The fraction of sp³-hybridized carbons (Fsp3) is 0.571. The van der Waals surface area contributed by atoms with Crippen molar-refractivity contribution < 1.29 is 20.2 Å². The van der Waals surface area contributed by atoms with Gasteiger partial charge < -0.3 is 25.3 Å². The van der Waals surface area contributed by atoms with Gasteiger partial charge in [0.05, 0.1) is 6.61 Å². The number of rotatable bonds is 11. The molecule has 1 heterocycles. The zero-order chi connectivity index (χ0) is 19.9. The molecule has 7 nitrogen and oxygen atoms in total. The summed E-state index contributed by atoms with van der Waals surface area (Å²) in [5, 5.41) is 31.2. The van der Waals surface area contributed by atoms with E-state index in [1.54, 1.807) is 0 Å². The summed E-state index contributed by atoms with van der Waals surface area (Å²) in [6.07, 6.45) is 4.09. The summed E-state index contributed by atoms with van der Waals surface area (Å²) >= 11 is 0. The summed E-state index contributed by atoms with van der Waals surface area (Å²) in [6.45, 7) is 2.05. The Morgan fingerprint density at radius 1 is 1.21 bits per heavy atom. The number of ketones is 1. The number of aryl methyl sites for hydroxylation is 1. The minimum Gasteiger partial charge on any atom is -0.395 e. The van der Waals surface area contributed by atoms with E-state index in [0.29, 0.717) is 19.5 Å². The van der Waals surface area contributed by atoms with E-state index in [2.05, 4.69) is 16.0 Å². The van der Waals surface area contributed by atoms with Gasteiger partial charge in [0.2, 0.25) is 0 Å². The Bertz CT molecular complexity index is 789. The maximum atomic E-state index is 13.1. The lowest BCUT2D eigenvalue weighted by molar-refractivity contribution is -0.00395. The maximum absolute atomic E-state index is 13.1. The number of hydrogen-bond acceptors (Lipinski definition) is 6. The van der Waals surface area contributed by atoms with Gasteiger partial charge >= 0.3 is 0 Å². The Hall–Kier alpha value is -1.77. The third-order valence-corrected chi connectivity index (χ3v) is 5.61. The molecule has 0 radical (unpaired) electrons. The lowest BCUT2D eigenvalue weighted by Crippen LogP contribution is -2.33. The Balaban J connectivity index is 1.74. The Kier molecular flexibility index (Phi) is 7.58. The van der Waals surface area contributed by atoms with Gasteiger partial charge in [0, 0.05) is 47.7 Å². The van der Waals surface area contributed by atoms with Crippen LogP contribution in [0.2, 0.25) is 0 Å². The monoisotopic (exact) mass is 389 g/mol. The number of nitrogens with zero attached hydrogens (tertiary/aromatic N) is 1. The molecule has 0 saturated carbocycles. The molecule has 1 aromatic carbocycles. The van der Waals surface area contributed by atoms with Crippen LogP contribution in [0.15, 0.2) is 24.3 Å². The topological polar surface area (TPSA) is 107 Å². The minimum absolute atomic E-state index is 0.0363. The number of nitrogens with one attached hydrogen (secondary N) is 2. The van der Waals surface area contributed by atoms with Crippen LogP contribution in [-0.2, 0) is 13.0 Å². The van der Waals surface area contributed by atoms with Crippen LogP contribution in [-0.4, -0.2) is 51.7 Å². The number of para-hydroxylation sites is 1. The molecule has 0 saturated heterocycles. The first-order valence-corrected chi connectivity index (χ1v) is 10.2. The number of aliphatic hydroxyl groups excluding tert-OH is 2. The van der Waals surface area contributed by atoms with Gasteiger partial charge in [-0.1, -0.05) is 24.6 Å². The maximum Gasteiger partial charge on any atom is 0.169 e. The molecule has 0 bridgehead atoms. The average Bonchev–Trinajstić information content (AvgIpc) is 3.04. The summed E-state index contributed by atoms with van der Waals surface area (Å²) in [5.74, 6) is 0.171. The van der Waals surface area contributed by atoms with Crippen LogP contribution < -0.4 is 10.8 Å². The molecule has 7 heteroatoms. The number of benzene rings is 1. The number of aromatic nitrogens is 1. The highest BCUT2D eigenvalue weighted by molar-refractivity contribution is 6.11. The lowest BCUT2D eigenvalue weighted by atomic mass is 9.85. The van der Waals surface area contributed by atoms with Gasteiger partial charge in [-0.25, -0.2) is 0 Å². The first kappa shape index (κ1) is 21.0. The molecule has 1 aromatic heterocycles. The Labute approximate surface area is 165 Å². The van der Waals surface area contributed by atoms with Crippen molar-refractivity contribution in [1.29, 1.82) is 0 Å². The van der Waals surface area contributed by atoms with Crippen LogP contribution in [0, 0.1) is 5.92 Å². The predicted molar refractivity (Wildman–Crippen MR) is 107 cm³/mol. The minimum atomic E-state index is -0.867. The van der Waals surface area contributed by atoms with Crippen LogP contribution in [0.5, 0.6) is 0 Å². The highest BCUT2D eigenvalue weighted by atomic mass is 16.5. The van der Waals surface area contributed by atoms with Crippen molar-refractivity contribution in [2.24, 2.45) is 5.92 Å². The fourth-order valence-corrected chi connectivity index (χ4v) is 4.19. The Morgan fingerprint density at radius 3 is 2.82 bits per heavy atom. The molecule has 0 fully saturated rings. The number of carbonyl (C=O) groups excluding carboxylic acids is 1. The summed E-state index contributed by atoms with van der Waals surface area (Å²) < 4.78 is 2.29. The second-order valence-electron chi connectivity index (χ2n) is 7.51. The zero-order valence-electron chi connectivity index (χ0n) is 16.2. The third kappa shape index (κ3) is 4.61. The number of Topliss-reactive ketones (excluding diaryl/α,β-unsaturated/α-hetero) is 1. The molecule has 2 atom stereocenters. The lowest BCUT2D eigenvalue weighted by Gasteiger charge is -2.23. The SMILES string of the molecule is O=C1c2c(n(CCCCCC(O)NO)c3ccccc23)CCC1CNCCO. The molecule has 0 amide bonds. The number of aliphatic hydroxyl groups is 2. The molecule has 3 rings (SSSR count). The number of hydrogen-bond donors (Lipinski definition) is 5. The summed E-state index contributed by atoms with van der Waals surface area (Å²) in [4.78, 5) is 13.1. The second kappa shape index (κ2) is 10.1. The van der Waals surface area contributed by atoms with Gasteiger partial charge in [-0.2, -0.15) is 5.48 Å². The van der Waals surface area contributed by atoms with E-state index in [1.807, 2.05) is 23.7 Å². The van der Waals surface area contributed by atoms with E-state index >= 15 is 0 Å². The van der Waals surface area contributed by atoms with E-state index in [9.17, 15) is 9.90 Å². The van der Waals surface area contributed by atoms with E-state index in [0.717, 1.165) is 60.8 Å².